The Balaban J connectivity index is 0.000000536. The molecule has 5 rings (SSSR count). The molecule has 3 aromatic heterocycles. The molecule has 0 saturated carbocycles. The maximum absolute atomic E-state index is 10.7. The predicted octanol–water partition coefficient (Wildman–Crippen LogP) is 2.99. The van der Waals surface area contributed by atoms with E-state index in [-0.39, 0.29) is 35.3 Å². The summed E-state index contributed by atoms with van der Waals surface area (Å²) in [5, 5.41) is 10.7. The van der Waals surface area contributed by atoms with Gasteiger partial charge in [0, 0.05) is 31.1 Å². The topological polar surface area (TPSA) is 75.3 Å². The third kappa shape index (κ3) is 5.08. The Morgan fingerprint density at radius 1 is 0.938 bits per heavy atom. The smallest absolute Gasteiger partial charge is 0.507 e. The zero-order chi connectivity index (χ0) is 22.1. The van der Waals surface area contributed by atoms with Gasteiger partial charge in [-0.3, -0.25) is 0 Å². The summed E-state index contributed by atoms with van der Waals surface area (Å²) in [6.07, 6.45) is 2.44. The fraction of sp³-hybridized carbons (Fsp3) is 0.360. The summed E-state index contributed by atoms with van der Waals surface area (Å²) in [5.74, 6) is 3.19. The molecule has 0 atom stereocenters. The normalized spacial score (nSPS) is 13.4. The number of phenols is 1. The Bertz CT molecular complexity index is 1230. The van der Waals surface area contributed by atoms with Crippen molar-refractivity contribution in [2.75, 3.05) is 18.0 Å². The molecule has 1 aromatic carbocycles. The molecule has 32 heavy (non-hydrogen) atoms. The van der Waals surface area contributed by atoms with Crippen molar-refractivity contribution in [1.82, 2.24) is 15.0 Å². The van der Waals surface area contributed by atoms with Crippen LogP contribution in [0.2, 0.25) is 0 Å². The number of phenolic OH excluding ortho intramolecular Hbond substituents is 1. The molecule has 1 saturated heterocycles. The second kappa shape index (κ2) is 10.2. The molecule has 0 bridgehead atoms. The summed E-state index contributed by atoms with van der Waals surface area (Å²) in [4.78, 5) is 16.1. The number of oxazole rings is 1. The van der Waals surface area contributed by atoms with Crippen LogP contribution in [0.15, 0.2) is 34.7 Å². The van der Waals surface area contributed by atoms with Gasteiger partial charge in [-0.1, -0.05) is 0 Å². The first-order valence-corrected chi connectivity index (χ1v) is 10.7. The number of pyridine rings is 2. The molecule has 0 aliphatic carbocycles. The van der Waals surface area contributed by atoms with E-state index < -0.39 is 0 Å². The van der Waals surface area contributed by atoms with Gasteiger partial charge in [-0.25, -0.2) is 15.0 Å². The minimum absolute atomic E-state index is 0. The van der Waals surface area contributed by atoms with Gasteiger partial charge in [0.2, 0.25) is 0 Å². The van der Waals surface area contributed by atoms with Crippen LogP contribution in [0.4, 0.5) is 5.82 Å². The number of rotatable bonds is 2. The molecule has 4 heterocycles. The molecule has 162 valence electrons. The second-order valence-corrected chi connectivity index (χ2v) is 8.58. The number of hydrogen-bond acceptors (Lipinski definition) is 6. The van der Waals surface area contributed by atoms with Crippen LogP contribution in [0, 0.1) is 19.8 Å². The Morgan fingerprint density at radius 3 is 2.25 bits per heavy atom. The number of benzene rings is 1. The van der Waals surface area contributed by atoms with E-state index in [0.29, 0.717) is 33.8 Å². The molecule has 1 fully saturated rings. The fourth-order valence-corrected chi connectivity index (χ4v) is 3.79. The van der Waals surface area contributed by atoms with Gasteiger partial charge in [0.25, 0.3) is 0 Å². The Labute approximate surface area is 211 Å². The van der Waals surface area contributed by atoms with Crippen LogP contribution >= 0.6 is 0 Å². The van der Waals surface area contributed by atoms with Gasteiger partial charge in [0.05, 0.1) is 16.7 Å². The second-order valence-electron chi connectivity index (χ2n) is 8.58. The summed E-state index contributed by atoms with van der Waals surface area (Å²) in [6.45, 7) is 12.0. The molecule has 0 unspecified atom stereocenters. The van der Waals surface area contributed by atoms with Crippen LogP contribution in [-0.4, -0.2) is 33.1 Å². The van der Waals surface area contributed by atoms with Crippen molar-refractivity contribution < 1.29 is 39.1 Å². The Morgan fingerprint density at radius 2 is 1.56 bits per heavy atom. The fourth-order valence-electron chi connectivity index (χ4n) is 3.79. The predicted molar refractivity (Wildman–Crippen MR) is 125 cm³/mol. The molecule has 0 amide bonds. The number of aromatic nitrogens is 3. The minimum Gasteiger partial charge on any atom is -0.507 e. The number of hydrogen-bond donors (Lipinski definition) is 1. The van der Waals surface area contributed by atoms with Crippen molar-refractivity contribution in [1.29, 1.82) is 0 Å². The average molecular weight is 441 g/mol. The summed E-state index contributed by atoms with van der Waals surface area (Å²) < 4.78 is 5.66. The maximum atomic E-state index is 10.7. The summed E-state index contributed by atoms with van der Waals surface area (Å²) >= 11 is 0. The first-order chi connectivity index (χ1) is 14.8. The third-order valence-electron chi connectivity index (χ3n) is 5.23. The van der Waals surface area contributed by atoms with Crippen molar-refractivity contribution in [2.24, 2.45) is 0 Å². The monoisotopic (exact) mass is 440 g/mol. The van der Waals surface area contributed by atoms with Crippen LogP contribution < -0.4 is 34.5 Å². The van der Waals surface area contributed by atoms with E-state index >= 15 is 0 Å². The van der Waals surface area contributed by atoms with Crippen molar-refractivity contribution in [2.45, 2.75) is 47.5 Å². The average Bonchev–Trinajstić information content (AvgIpc) is 3.39. The standard InChI is InChI=1S/C21H20N4O2.C4H9.Na/c1-12-20-18(27-13(2)22-20)11-14(21(12)26)15-5-6-17-16(23-15)7-8-19(24-17)25-9-3-4-10-25;1-4(2)3;/h5-8,11,26H,3-4,9-10H2,1-2H3;1-3H3;/q;-1;+1. The molecule has 7 heteroatoms. The van der Waals surface area contributed by atoms with E-state index in [0.717, 1.165) is 29.9 Å². The van der Waals surface area contributed by atoms with E-state index in [2.05, 4.69) is 30.7 Å². The van der Waals surface area contributed by atoms with Gasteiger partial charge < -0.3 is 20.3 Å². The molecule has 1 aliphatic rings. The molecular formula is C25H29N4NaO2. The minimum atomic E-state index is 0. The number of aryl methyl sites for hydroxylation is 2. The van der Waals surface area contributed by atoms with Crippen LogP contribution in [0.5, 0.6) is 5.75 Å². The molecule has 1 N–H and O–H groups in total. The Hall–Kier alpha value is -2.15. The number of aromatic hydroxyl groups is 1. The maximum Gasteiger partial charge on any atom is 1.00 e. The van der Waals surface area contributed by atoms with Gasteiger partial charge in [0.15, 0.2) is 11.5 Å². The first-order valence-electron chi connectivity index (χ1n) is 10.7. The van der Waals surface area contributed by atoms with Crippen molar-refractivity contribution in [3.05, 3.63) is 47.7 Å². The molecule has 0 radical (unpaired) electrons. The molecule has 0 spiro atoms. The van der Waals surface area contributed by atoms with Crippen molar-refractivity contribution in [3.63, 3.8) is 0 Å². The van der Waals surface area contributed by atoms with Gasteiger partial charge >= 0.3 is 29.6 Å². The third-order valence-corrected chi connectivity index (χ3v) is 5.23. The van der Waals surface area contributed by atoms with E-state index in [1.165, 1.54) is 18.8 Å². The molecule has 1 aliphatic heterocycles. The first kappa shape index (κ1) is 24.5. The SMILES string of the molecule is C[C-](C)C.Cc1nc2c(C)c(O)c(-c3ccc4nc(N5CCCC5)ccc4n3)cc2o1.[Na+]. The zero-order valence-electron chi connectivity index (χ0n) is 19.9. The number of nitrogens with zero attached hydrogens (tertiary/aromatic N) is 4. The van der Waals surface area contributed by atoms with Crippen molar-refractivity contribution in [3.8, 4) is 17.0 Å². The summed E-state index contributed by atoms with van der Waals surface area (Å²) in [5.41, 5.74) is 5.03. The van der Waals surface area contributed by atoms with Crippen LogP contribution in [-0.2, 0) is 0 Å². The van der Waals surface area contributed by atoms with E-state index in [1.54, 1.807) is 13.0 Å². The van der Waals surface area contributed by atoms with E-state index in [1.807, 2.05) is 31.2 Å². The summed E-state index contributed by atoms with van der Waals surface area (Å²) in [7, 11) is 0. The summed E-state index contributed by atoms with van der Waals surface area (Å²) in [6, 6.07) is 9.69. The number of anilines is 1. The van der Waals surface area contributed by atoms with Gasteiger partial charge in [-0.2, -0.15) is 20.8 Å². The van der Waals surface area contributed by atoms with Gasteiger partial charge in [-0.15, -0.1) is 0 Å². The number of fused-ring (bicyclic) bond motifs is 2. The van der Waals surface area contributed by atoms with Crippen LogP contribution in [0.25, 0.3) is 33.4 Å². The zero-order valence-corrected chi connectivity index (χ0v) is 21.9. The van der Waals surface area contributed by atoms with Crippen molar-refractivity contribution >= 4 is 28.0 Å². The van der Waals surface area contributed by atoms with Gasteiger partial charge in [0.1, 0.15) is 17.1 Å². The molecule has 6 nitrogen and oxygen atoms in total. The van der Waals surface area contributed by atoms with Crippen LogP contribution in [0.1, 0.15) is 45.1 Å². The van der Waals surface area contributed by atoms with E-state index in [9.17, 15) is 5.11 Å². The molecule has 4 aromatic rings. The van der Waals surface area contributed by atoms with Crippen LogP contribution in [0.3, 0.4) is 0 Å². The Kier molecular flexibility index (Phi) is 7.80. The van der Waals surface area contributed by atoms with E-state index in [4.69, 9.17) is 14.4 Å². The molecular weight excluding hydrogens is 411 g/mol. The van der Waals surface area contributed by atoms with Gasteiger partial charge in [-0.05, 0) is 50.1 Å². The largest absolute Gasteiger partial charge is 1.00 e. The quantitative estimate of drug-likeness (QED) is 0.382.